The monoisotopic (exact) mass is 915 g/mol. The molecule has 1 fully saturated rings. The number of carbonyl (C=O) groups excluding carboxylic acids is 2. The molecule has 0 aromatic heterocycles. The Morgan fingerprint density at radius 2 is 0.892 bits per heavy atom. The van der Waals surface area contributed by atoms with Crippen molar-refractivity contribution in [2.45, 2.75) is 243 Å². The summed E-state index contributed by atoms with van der Waals surface area (Å²) in [7, 11) is 0. The molecule has 10 nitrogen and oxygen atoms in total. The third-order valence-electron chi connectivity index (χ3n) is 11.6. The topological polar surface area (TPSA) is 152 Å². The van der Waals surface area contributed by atoms with Crippen molar-refractivity contribution in [3.63, 3.8) is 0 Å². The Morgan fingerprint density at radius 1 is 0.477 bits per heavy atom. The maximum atomic E-state index is 12.8. The summed E-state index contributed by atoms with van der Waals surface area (Å²) in [5.41, 5.74) is 0. The number of hydrogen-bond donors (Lipinski definition) is 4. The highest BCUT2D eigenvalue weighted by molar-refractivity contribution is 5.70. The average molecular weight is 915 g/mol. The van der Waals surface area contributed by atoms with Gasteiger partial charge in [0.15, 0.2) is 12.4 Å². The molecule has 1 heterocycles. The molecule has 0 spiro atoms. The van der Waals surface area contributed by atoms with E-state index in [9.17, 15) is 30.0 Å². The largest absolute Gasteiger partial charge is 0.462 e. The number of unbranched alkanes of at least 4 members (excludes halogenated alkanes) is 20. The van der Waals surface area contributed by atoms with E-state index in [4.69, 9.17) is 18.9 Å². The number of carbonyl (C=O) groups is 2. The summed E-state index contributed by atoms with van der Waals surface area (Å²) in [4.78, 5) is 25.4. The summed E-state index contributed by atoms with van der Waals surface area (Å²) in [5.74, 6) is -0.903. The molecular formula is C55H94O10. The minimum absolute atomic E-state index is 0.149. The molecular weight excluding hydrogens is 821 g/mol. The highest BCUT2D eigenvalue weighted by atomic mass is 16.7. The van der Waals surface area contributed by atoms with E-state index in [1.165, 1.54) is 122 Å². The van der Waals surface area contributed by atoms with Crippen molar-refractivity contribution in [3.05, 3.63) is 72.9 Å². The van der Waals surface area contributed by atoms with Crippen molar-refractivity contribution >= 4 is 11.9 Å². The van der Waals surface area contributed by atoms with Crippen molar-refractivity contribution in [1.29, 1.82) is 0 Å². The van der Waals surface area contributed by atoms with Crippen molar-refractivity contribution in [3.8, 4) is 0 Å². The van der Waals surface area contributed by atoms with Crippen molar-refractivity contribution < 1.29 is 49.0 Å². The first-order chi connectivity index (χ1) is 31.8. The number of allylic oxidation sites excluding steroid dienone is 12. The number of esters is 2. The van der Waals surface area contributed by atoms with Gasteiger partial charge in [0.25, 0.3) is 0 Å². The fourth-order valence-corrected chi connectivity index (χ4v) is 7.46. The first-order valence-electron chi connectivity index (χ1n) is 26.0. The van der Waals surface area contributed by atoms with E-state index in [0.29, 0.717) is 12.8 Å². The minimum atomic E-state index is -1.61. The summed E-state index contributed by atoms with van der Waals surface area (Å²) in [5, 5.41) is 40.2. The van der Waals surface area contributed by atoms with Gasteiger partial charge in [-0.1, -0.05) is 189 Å². The van der Waals surface area contributed by atoms with Crippen LogP contribution in [-0.2, 0) is 28.5 Å². The highest BCUT2D eigenvalue weighted by Gasteiger charge is 2.44. The van der Waals surface area contributed by atoms with Gasteiger partial charge in [-0.2, -0.15) is 0 Å². The molecule has 1 rings (SSSR count). The molecule has 0 amide bonds. The molecule has 1 aliphatic rings. The van der Waals surface area contributed by atoms with Gasteiger partial charge in [-0.25, -0.2) is 0 Å². The second-order valence-electron chi connectivity index (χ2n) is 17.6. The van der Waals surface area contributed by atoms with E-state index in [-0.39, 0.29) is 26.1 Å². The summed E-state index contributed by atoms with van der Waals surface area (Å²) < 4.78 is 22.2. The fraction of sp³-hybridized carbons (Fsp3) is 0.745. The Bertz CT molecular complexity index is 1290. The van der Waals surface area contributed by atoms with Crippen LogP contribution in [0.25, 0.3) is 0 Å². The molecule has 374 valence electrons. The molecule has 10 heteroatoms. The quantitative estimate of drug-likeness (QED) is 0.0264. The molecule has 6 atom stereocenters. The Morgan fingerprint density at radius 3 is 1.40 bits per heavy atom. The number of rotatable bonds is 43. The van der Waals surface area contributed by atoms with Crippen LogP contribution >= 0.6 is 0 Å². The van der Waals surface area contributed by atoms with Gasteiger partial charge in [0.1, 0.15) is 31.0 Å². The molecule has 0 aliphatic carbocycles. The molecule has 0 aromatic rings. The molecule has 0 radical (unpaired) electrons. The zero-order valence-corrected chi connectivity index (χ0v) is 41.0. The van der Waals surface area contributed by atoms with E-state index in [1.807, 2.05) is 12.2 Å². The molecule has 65 heavy (non-hydrogen) atoms. The Kier molecular flexibility index (Phi) is 41.6. The van der Waals surface area contributed by atoms with Gasteiger partial charge in [-0.05, 0) is 77.0 Å². The third kappa shape index (κ3) is 35.9. The second-order valence-corrected chi connectivity index (χ2v) is 17.6. The predicted octanol–water partition coefficient (Wildman–Crippen LogP) is 12.3. The molecule has 1 saturated heterocycles. The van der Waals surface area contributed by atoms with Crippen molar-refractivity contribution in [1.82, 2.24) is 0 Å². The van der Waals surface area contributed by atoms with Gasteiger partial charge < -0.3 is 39.4 Å². The van der Waals surface area contributed by atoms with Crippen LogP contribution in [0.4, 0.5) is 0 Å². The lowest BCUT2D eigenvalue weighted by atomic mass is 9.99. The Labute approximate surface area is 395 Å². The number of aliphatic hydroxyl groups excluding tert-OH is 4. The summed E-state index contributed by atoms with van der Waals surface area (Å²) in [6.07, 6.45) is 50.6. The van der Waals surface area contributed by atoms with Gasteiger partial charge in [-0.15, -0.1) is 0 Å². The van der Waals surface area contributed by atoms with Crippen LogP contribution in [-0.4, -0.2) is 89.0 Å². The zero-order chi connectivity index (χ0) is 47.3. The van der Waals surface area contributed by atoms with Gasteiger partial charge in [-0.3, -0.25) is 9.59 Å². The molecule has 0 aromatic carbocycles. The van der Waals surface area contributed by atoms with Gasteiger partial charge >= 0.3 is 11.9 Å². The summed E-state index contributed by atoms with van der Waals surface area (Å²) in [6, 6.07) is 0. The van der Waals surface area contributed by atoms with E-state index >= 15 is 0 Å². The maximum Gasteiger partial charge on any atom is 0.306 e. The molecule has 4 N–H and O–H groups in total. The summed E-state index contributed by atoms with van der Waals surface area (Å²) in [6.45, 7) is 3.33. The lowest BCUT2D eigenvalue weighted by molar-refractivity contribution is -0.305. The lowest BCUT2D eigenvalue weighted by Crippen LogP contribution is -2.59. The van der Waals surface area contributed by atoms with Crippen LogP contribution in [0.2, 0.25) is 0 Å². The van der Waals surface area contributed by atoms with E-state index < -0.39 is 55.4 Å². The van der Waals surface area contributed by atoms with Crippen LogP contribution in [0.15, 0.2) is 72.9 Å². The lowest BCUT2D eigenvalue weighted by Gasteiger charge is -2.39. The number of ether oxygens (including phenoxy) is 4. The molecule has 2 unspecified atom stereocenters. The van der Waals surface area contributed by atoms with Gasteiger partial charge in [0.05, 0.1) is 13.2 Å². The Balaban J connectivity index is 2.31. The fourth-order valence-electron chi connectivity index (χ4n) is 7.46. The SMILES string of the molecule is CCCCC/C=C/C/C=C/C/C=C/C/C=C/C/C=C/CCC(=O)OC[C@H](CO[C@@H]1O[C@H](CO)[C@H](O)C(O)C1O)OC(=O)CCCCCCCCCCCCC/C=C/CCCCCCCC. The standard InChI is InChI=1S/C55H94O10/c1-3-5-7-9-11-13-15-17-19-21-23-24-26-28-30-32-34-36-38-40-42-44-51(58)64-48(47-63-55-54(61)53(60)52(59)49(45-56)65-55)46-62-50(57)43-41-39-37-35-33-31-29-27-25-22-20-18-16-14-12-10-8-6-4-2/h12,14,17-20,25,27,31,33,37,39,48-49,52-56,59-61H,3-11,13,15-16,21-24,26,28-30,32,34-36,38,40-47H2,1-2H3/b14-12+,19-17+,20-18+,27-25+,33-31+,39-37+/t48-,49-,52+,53?,54?,55-/m1/s1. The van der Waals surface area contributed by atoms with Crippen LogP contribution in [0.1, 0.15) is 206 Å². The van der Waals surface area contributed by atoms with E-state index in [0.717, 1.165) is 44.9 Å². The molecule has 1 aliphatic heterocycles. The summed E-state index contributed by atoms with van der Waals surface area (Å²) >= 11 is 0. The van der Waals surface area contributed by atoms with Crippen molar-refractivity contribution in [2.24, 2.45) is 0 Å². The second kappa shape index (κ2) is 44.9. The van der Waals surface area contributed by atoms with Crippen LogP contribution in [0, 0.1) is 0 Å². The van der Waals surface area contributed by atoms with Crippen LogP contribution in [0.5, 0.6) is 0 Å². The van der Waals surface area contributed by atoms with Crippen LogP contribution < -0.4 is 0 Å². The first-order valence-corrected chi connectivity index (χ1v) is 26.0. The smallest absolute Gasteiger partial charge is 0.306 e. The highest BCUT2D eigenvalue weighted by Crippen LogP contribution is 2.23. The minimum Gasteiger partial charge on any atom is -0.462 e. The number of hydrogen-bond acceptors (Lipinski definition) is 10. The predicted molar refractivity (Wildman–Crippen MR) is 265 cm³/mol. The van der Waals surface area contributed by atoms with Crippen molar-refractivity contribution in [2.75, 3.05) is 19.8 Å². The molecule has 0 bridgehead atoms. The number of aliphatic hydroxyl groups is 4. The van der Waals surface area contributed by atoms with Gasteiger partial charge in [0, 0.05) is 12.8 Å². The Hall–Kier alpha value is -2.86. The molecule has 0 saturated carbocycles. The van der Waals surface area contributed by atoms with E-state index in [2.05, 4.69) is 74.6 Å². The zero-order valence-electron chi connectivity index (χ0n) is 41.0. The van der Waals surface area contributed by atoms with Crippen LogP contribution in [0.3, 0.4) is 0 Å². The average Bonchev–Trinajstić information content (AvgIpc) is 3.30. The van der Waals surface area contributed by atoms with Gasteiger partial charge in [0.2, 0.25) is 0 Å². The maximum absolute atomic E-state index is 12.8. The van der Waals surface area contributed by atoms with E-state index in [1.54, 1.807) is 0 Å². The first kappa shape index (κ1) is 60.2. The normalized spacial score (nSPS) is 19.9. The third-order valence-corrected chi connectivity index (χ3v) is 11.6.